The number of nitrogens with two attached hydrogens (primary N) is 1. The van der Waals surface area contributed by atoms with Crippen molar-refractivity contribution in [3.05, 3.63) is 46.2 Å². The number of hydrogen-bond donors (Lipinski definition) is 1. The average Bonchev–Trinajstić information content (AvgIpc) is 2.93. The lowest BCUT2D eigenvalue weighted by atomic mass is 9.92. The first kappa shape index (κ1) is 11.7. The topological polar surface area (TPSA) is 53.1 Å². The van der Waals surface area contributed by atoms with Gasteiger partial charge in [-0.3, -0.25) is 4.68 Å². The zero-order valence-corrected chi connectivity index (χ0v) is 11.6. The van der Waals surface area contributed by atoms with Gasteiger partial charge in [-0.2, -0.15) is 5.10 Å². The largest absolute Gasteiger partial charge is 0.493 e. The van der Waals surface area contributed by atoms with Crippen LogP contribution >= 0.6 is 15.9 Å². The molecule has 1 aromatic heterocycles. The van der Waals surface area contributed by atoms with E-state index in [1.807, 2.05) is 29.9 Å². The van der Waals surface area contributed by atoms with Gasteiger partial charge in [0.15, 0.2) is 0 Å². The molecule has 2 atom stereocenters. The van der Waals surface area contributed by atoms with Crippen molar-refractivity contribution in [3.8, 4) is 5.75 Å². The Labute approximate surface area is 114 Å². The molecule has 0 radical (unpaired) electrons. The van der Waals surface area contributed by atoms with E-state index < -0.39 is 0 Å². The molecule has 2 N–H and O–H groups in total. The summed E-state index contributed by atoms with van der Waals surface area (Å²) in [4.78, 5) is 0. The van der Waals surface area contributed by atoms with Crippen LogP contribution in [0.4, 0.5) is 0 Å². The average molecular weight is 308 g/mol. The van der Waals surface area contributed by atoms with E-state index in [1.165, 1.54) is 5.56 Å². The third kappa shape index (κ3) is 1.74. The fourth-order valence-electron chi connectivity index (χ4n) is 2.47. The molecule has 0 spiro atoms. The molecule has 0 aliphatic carbocycles. The Morgan fingerprint density at radius 3 is 3.00 bits per heavy atom. The molecule has 1 aliphatic heterocycles. The first-order valence-electron chi connectivity index (χ1n) is 5.83. The van der Waals surface area contributed by atoms with E-state index in [4.69, 9.17) is 10.5 Å². The molecule has 2 unspecified atom stereocenters. The Balaban J connectivity index is 1.98. The highest BCUT2D eigenvalue weighted by atomic mass is 79.9. The van der Waals surface area contributed by atoms with Crippen molar-refractivity contribution in [1.82, 2.24) is 9.78 Å². The van der Waals surface area contributed by atoms with Crippen LogP contribution in [0.25, 0.3) is 0 Å². The van der Waals surface area contributed by atoms with Crippen LogP contribution in [0.2, 0.25) is 0 Å². The first-order chi connectivity index (χ1) is 8.68. The van der Waals surface area contributed by atoms with Crippen LogP contribution < -0.4 is 10.5 Å². The molecule has 3 rings (SSSR count). The zero-order valence-electron chi connectivity index (χ0n) is 10.0. The summed E-state index contributed by atoms with van der Waals surface area (Å²) < 4.78 is 8.45. The fraction of sp³-hybridized carbons (Fsp3) is 0.308. The summed E-state index contributed by atoms with van der Waals surface area (Å²) in [5.74, 6) is 1.11. The van der Waals surface area contributed by atoms with Gasteiger partial charge in [0, 0.05) is 18.5 Å². The molecule has 1 aliphatic rings. The molecule has 5 heteroatoms. The van der Waals surface area contributed by atoms with Crippen molar-refractivity contribution in [2.75, 3.05) is 6.61 Å². The molecule has 0 bridgehead atoms. The van der Waals surface area contributed by atoms with E-state index in [1.54, 1.807) is 6.20 Å². The highest BCUT2D eigenvalue weighted by Crippen LogP contribution is 2.41. The van der Waals surface area contributed by atoms with Gasteiger partial charge in [0.2, 0.25) is 0 Å². The number of para-hydroxylation sites is 1. The van der Waals surface area contributed by atoms with Gasteiger partial charge in [-0.1, -0.05) is 18.2 Å². The maximum atomic E-state index is 6.39. The highest BCUT2D eigenvalue weighted by Gasteiger charge is 2.32. The minimum Gasteiger partial charge on any atom is -0.493 e. The Morgan fingerprint density at radius 2 is 2.28 bits per heavy atom. The summed E-state index contributed by atoms with van der Waals surface area (Å²) in [6.45, 7) is 0.623. The molecular weight excluding hydrogens is 294 g/mol. The molecule has 0 saturated carbocycles. The van der Waals surface area contributed by atoms with Crippen LogP contribution in [0.3, 0.4) is 0 Å². The molecule has 18 heavy (non-hydrogen) atoms. The lowest BCUT2D eigenvalue weighted by Crippen LogP contribution is -2.23. The van der Waals surface area contributed by atoms with E-state index in [0.29, 0.717) is 6.61 Å². The van der Waals surface area contributed by atoms with Gasteiger partial charge in [-0.25, -0.2) is 0 Å². The van der Waals surface area contributed by atoms with Crippen LogP contribution in [-0.2, 0) is 7.05 Å². The number of aromatic nitrogens is 2. The molecular formula is C13H14BrN3O. The molecule has 2 heterocycles. The smallest absolute Gasteiger partial charge is 0.122 e. The molecule has 94 valence electrons. The van der Waals surface area contributed by atoms with Crippen molar-refractivity contribution in [2.45, 2.75) is 12.0 Å². The van der Waals surface area contributed by atoms with E-state index >= 15 is 0 Å². The SMILES string of the molecule is Cn1ncc(Br)c1C(N)C1COc2ccccc21. The van der Waals surface area contributed by atoms with Crippen LogP contribution in [-0.4, -0.2) is 16.4 Å². The zero-order chi connectivity index (χ0) is 12.7. The van der Waals surface area contributed by atoms with Crippen molar-refractivity contribution in [2.24, 2.45) is 12.8 Å². The summed E-state index contributed by atoms with van der Waals surface area (Å²) >= 11 is 3.50. The maximum absolute atomic E-state index is 6.39. The standard InChI is InChI=1S/C13H14BrN3O/c1-17-13(10(14)6-16-17)12(15)9-7-18-11-5-3-2-4-8(9)11/h2-6,9,12H,7,15H2,1H3. The quantitative estimate of drug-likeness (QED) is 0.926. The fourth-order valence-corrected chi connectivity index (χ4v) is 3.08. The summed E-state index contributed by atoms with van der Waals surface area (Å²) in [5.41, 5.74) is 8.57. The van der Waals surface area contributed by atoms with Crippen LogP contribution in [0.1, 0.15) is 23.2 Å². The number of nitrogens with zero attached hydrogens (tertiary/aromatic N) is 2. The van der Waals surface area contributed by atoms with Crippen LogP contribution in [0.5, 0.6) is 5.75 Å². The van der Waals surface area contributed by atoms with Crippen molar-refractivity contribution in [3.63, 3.8) is 0 Å². The van der Waals surface area contributed by atoms with Gasteiger partial charge in [-0.05, 0) is 22.0 Å². The number of aryl methyl sites for hydroxylation is 1. The number of hydrogen-bond acceptors (Lipinski definition) is 3. The molecule has 2 aromatic rings. The molecule has 1 aromatic carbocycles. The number of fused-ring (bicyclic) bond motifs is 1. The molecule has 0 fully saturated rings. The Bertz CT molecular complexity index is 562. The lowest BCUT2D eigenvalue weighted by Gasteiger charge is -2.19. The predicted octanol–water partition coefficient (Wildman–Crippen LogP) is 2.36. The number of benzene rings is 1. The number of halogens is 1. The van der Waals surface area contributed by atoms with Gasteiger partial charge < -0.3 is 10.5 Å². The highest BCUT2D eigenvalue weighted by molar-refractivity contribution is 9.10. The third-order valence-electron chi connectivity index (χ3n) is 3.42. The van der Waals surface area contributed by atoms with Gasteiger partial charge in [-0.15, -0.1) is 0 Å². The van der Waals surface area contributed by atoms with Crippen LogP contribution in [0.15, 0.2) is 34.9 Å². The minimum atomic E-state index is -0.129. The Kier molecular flexibility index (Phi) is 2.87. The van der Waals surface area contributed by atoms with E-state index in [0.717, 1.165) is 15.9 Å². The summed E-state index contributed by atoms with van der Waals surface area (Å²) in [7, 11) is 1.90. The van der Waals surface area contributed by atoms with Crippen molar-refractivity contribution in [1.29, 1.82) is 0 Å². The monoisotopic (exact) mass is 307 g/mol. The summed E-state index contributed by atoms with van der Waals surface area (Å²) in [6, 6.07) is 7.94. The Hall–Kier alpha value is -1.33. The molecule has 4 nitrogen and oxygen atoms in total. The predicted molar refractivity (Wildman–Crippen MR) is 72.5 cm³/mol. The number of rotatable bonds is 2. The van der Waals surface area contributed by atoms with E-state index in [2.05, 4.69) is 27.1 Å². The third-order valence-corrected chi connectivity index (χ3v) is 4.03. The minimum absolute atomic E-state index is 0.129. The number of ether oxygens (including phenoxy) is 1. The molecule has 0 amide bonds. The summed E-state index contributed by atoms with van der Waals surface area (Å²) in [5, 5.41) is 4.21. The Morgan fingerprint density at radius 1 is 1.50 bits per heavy atom. The van der Waals surface area contributed by atoms with Gasteiger partial charge in [0.1, 0.15) is 5.75 Å². The second-order valence-corrected chi connectivity index (χ2v) is 5.34. The van der Waals surface area contributed by atoms with E-state index in [-0.39, 0.29) is 12.0 Å². The molecule has 0 saturated heterocycles. The second-order valence-electron chi connectivity index (χ2n) is 4.48. The van der Waals surface area contributed by atoms with Crippen molar-refractivity contribution >= 4 is 15.9 Å². The second kappa shape index (κ2) is 4.40. The summed E-state index contributed by atoms with van der Waals surface area (Å²) in [6.07, 6.45) is 1.77. The van der Waals surface area contributed by atoms with Crippen molar-refractivity contribution < 1.29 is 4.74 Å². The maximum Gasteiger partial charge on any atom is 0.122 e. The van der Waals surface area contributed by atoms with Gasteiger partial charge in [0.25, 0.3) is 0 Å². The van der Waals surface area contributed by atoms with Gasteiger partial charge >= 0.3 is 0 Å². The normalized spacial score (nSPS) is 19.4. The van der Waals surface area contributed by atoms with E-state index in [9.17, 15) is 0 Å². The van der Waals surface area contributed by atoms with Crippen LogP contribution in [0, 0.1) is 0 Å². The lowest BCUT2D eigenvalue weighted by molar-refractivity contribution is 0.312. The first-order valence-corrected chi connectivity index (χ1v) is 6.62. The van der Waals surface area contributed by atoms with Gasteiger partial charge in [0.05, 0.1) is 29.0 Å².